The number of carbonyl (C=O) groups is 3. The van der Waals surface area contributed by atoms with Gasteiger partial charge in [-0.1, -0.05) is 13.3 Å². The van der Waals surface area contributed by atoms with Gasteiger partial charge in [-0.15, -0.1) is 11.3 Å². The normalized spacial score (nSPS) is 12.6. The van der Waals surface area contributed by atoms with Crippen molar-refractivity contribution in [1.29, 1.82) is 0 Å². The van der Waals surface area contributed by atoms with Crippen LogP contribution < -0.4 is 10.6 Å². The molecule has 22 heavy (non-hydrogen) atoms. The van der Waals surface area contributed by atoms with Crippen molar-refractivity contribution in [2.24, 2.45) is 0 Å². The van der Waals surface area contributed by atoms with Gasteiger partial charge in [-0.3, -0.25) is 10.1 Å². The second-order valence-electron chi connectivity index (χ2n) is 5.15. The molecule has 1 aromatic heterocycles. The largest absolute Gasteiger partial charge is 0.451 e. The number of imide groups is 1. The Kier molecular flexibility index (Phi) is 5.94. The minimum Gasteiger partial charge on any atom is -0.451 e. The number of amides is 3. The summed E-state index contributed by atoms with van der Waals surface area (Å²) in [6.07, 6.45) is 4.94. The molecule has 2 N–H and O–H groups in total. The van der Waals surface area contributed by atoms with Crippen LogP contribution >= 0.6 is 11.3 Å². The van der Waals surface area contributed by atoms with Gasteiger partial charge in [0.1, 0.15) is 4.88 Å². The molecule has 0 fully saturated rings. The lowest BCUT2D eigenvalue weighted by Crippen LogP contribution is -2.41. The number of hydrogen-bond acceptors (Lipinski definition) is 5. The Bertz CT molecular complexity index is 546. The summed E-state index contributed by atoms with van der Waals surface area (Å²) in [5, 5.41) is 4.67. The Balaban J connectivity index is 1.71. The smallest absolute Gasteiger partial charge is 0.348 e. The number of aryl methyl sites for hydroxylation is 2. The minimum atomic E-state index is -0.633. The number of nitrogens with one attached hydrogen (secondary N) is 2. The summed E-state index contributed by atoms with van der Waals surface area (Å²) >= 11 is 1.42. The molecule has 1 aliphatic rings. The fourth-order valence-corrected chi connectivity index (χ4v) is 3.36. The number of hydrogen-bond donors (Lipinski definition) is 2. The lowest BCUT2D eigenvalue weighted by atomic mass is 10.2. The van der Waals surface area contributed by atoms with E-state index in [9.17, 15) is 14.4 Å². The lowest BCUT2D eigenvalue weighted by Gasteiger charge is -2.06. The van der Waals surface area contributed by atoms with Crippen LogP contribution in [0.2, 0.25) is 0 Å². The van der Waals surface area contributed by atoms with E-state index in [0.717, 1.165) is 32.1 Å². The summed E-state index contributed by atoms with van der Waals surface area (Å²) in [6, 6.07) is 1.27. The summed E-state index contributed by atoms with van der Waals surface area (Å²) in [7, 11) is 0. The average Bonchev–Trinajstić information content (AvgIpc) is 3.06. The Labute approximate surface area is 133 Å². The van der Waals surface area contributed by atoms with E-state index in [1.807, 2.05) is 13.0 Å². The monoisotopic (exact) mass is 324 g/mol. The van der Waals surface area contributed by atoms with Crippen molar-refractivity contribution in [3.63, 3.8) is 0 Å². The highest BCUT2D eigenvalue weighted by Gasteiger charge is 2.20. The third kappa shape index (κ3) is 4.56. The van der Waals surface area contributed by atoms with Crippen LogP contribution in [0.15, 0.2) is 6.07 Å². The second-order valence-corrected chi connectivity index (χ2v) is 6.28. The van der Waals surface area contributed by atoms with E-state index in [1.54, 1.807) is 0 Å². The molecule has 1 heterocycles. The molecule has 0 bridgehead atoms. The fourth-order valence-electron chi connectivity index (χ4n) is 2.22. The number of ether oxygens (including phenoxy) is 1. The van der Waals surface area contributed by atoms with E-state index < -0.39 is 24.5 Å². The molecule has 7 heteroatoms. The Morgan fingerprint density at radius 1 is 1.32 bits per heavy atom. The number of esters is 1. The topological polar surface area (TPSA) is 84.5 Å². The maximum atomic E-state index is 11.9. The van der Waals surface area contributed by atoms with Crippen LogP contribution in [0.4, 0.5) is 4.79 Å². The molecule has 2 rings (SSSR count). The molecule has 6 nitrogen and oxygen atoms in total. The Morgan fingerprint density at radius 2 is 2.14 bits per heavy atom. The molecule has 0 saturated carbocycles. The van der Waals surface area contributed by atoms with E-state index in [1.165, 1.54) is 21.8 Å². The minimum absolute atomic E-state index is 0.456. The number of fused-ring (bicyclic) bond motifs is 1. The molecule has 0 aliphatic heterocycles. The van der Waals surface area contributed by atoms with E-state index in [-0.39, 0.29) is 0 Å². The van der Waals surface area contributed by atoms with E-state index >= 15 is 0 Å². The zero-order valence-corrected chi connectivity index (χ0v) is 13.4. The molecule has 0 atom stereocenters. The van der Waals surface area contributed by atoms with Gasteiger partial charge in [0.05, 0.1) is 0 Å². The molecule has 3 amide bonds. The number of unbranched alkanes of at least 4 members (excludes halogenated alkanes) is 1. The van der Waals surface area contributed by atoms with E-state index in [4.69, 9.17) is 4.74 Å². The maximum Gasteiger partial charge on any atom is 0.348 e. The maximum absolute atomic E-state index is 11.9. The molecule has 0 saturated heterocycles. The number of rotatable bonds is 6. The molecule has 0 spiro atoms. The highest BCUT2D eigenvalue weighted by atomic mass is 32.1. The van der Waals surface area contributed by atoms with Gasteiger partial charge in [-0.2, -0.15) is 0 Å². The van der Waals surface area contributed by atoms with Crippen molar-refractivity contribution >= 4 is 29.2 Å². The van der Waals surface area contributed by atoms with E-state index in [2.05, 4.69) is 10.6 Å². The summed E-state index contributed by atoms with van der Waals surface area (Å²) < 4.78 is 4.93. The molecule has 0 radical (unpaired) electrons. The van der Waals surface area contributed by atoms with Gasteiger partial charge in [-0.25, -0.2) is 9.59 Å². The van der Waals surface area contributed by atoms with Crippen molar-refractivity contribution in [1.82, 2.24) is 10.6 Å². The highest BCUT2D eigenvalue weighted by Crippen LogP contribution is 2.30. The highest BCUT2D eigenvalue weighted by molar-refractivity contribution is 7.14. The van der Waals surface area contributed by atoms with Crippen LogP contribution in [0.1, 0.15) is 46.3 Å². The first-order valence-corrected chi connectivity index (χ1v) is 8.28. The van der Waals surface area contributed by atoms with Crippen LogP contribution in [0.3, 0.4) is 0 Å². The first kappa shape index (κ1) is 16.5. The predicted molar refractivity (Wildman–Crippen MR) is 83.1 cm³/mol. The number of thiophene rings is 1. The van der Waals surface area contributed by atoms with Crippen LogP contribution in [-0.4, -0.2) is 31.1 Å². The number of carbonyl (C=O) groups excluding carboxylic acids is 3. The van der Waals surface area contributed by atoms with Gasteiger partial charge >= 0.3 is 12.0 Å². The molecular formula is C15H20N2O4S. The van der Waals surface area contributed by atoms with Crippen LogP contribution in [-0.2, 0) is 22.4 Å². The zero-order chi connectivity index (χ0) is 15.9. The SMILES string of the molecule is CCCCNC(=O)NC(=O)COC(=O)c1cc2c(s1)CCC2. The first-order chi connectivity index (χ1) is 10.6. The third-order valence-corrected chi connectivity index (χ3v) is 4.57. The predicted octanol–water partition coefficient (Wildman–Crippen LogP) is 2.02. The first-order valence-electron chi connectivity index (χ1n) is 7.46. The van der Waals surface area contributed by atoms with Crippen molar-refractivity contribution < 1.29 is 19.1 Å². The van der Waals surface area contributed by atoms with Crippen LogP contribution in [0.25, 0.3) is 0 Å². The summed E-state index contributed by atoms with van der Waals surface area (Å²) in [5.41, 5.74) is 1.21. The van der Waals surface area contributed by atoms with Crippen molar-refractivity contribution in [3.8, 4) is 0 Å². The van der Waals surface area contributed by atoms with Crippen molar-refractivity contribution in [2.75, 3.05) is 13.2 Å². The number of urea groups is 1. The summed E-state index contributed by atoms with van der Waals surface area (Å²) in [5.74, 6) is -1.15. The lowest BCUT2D eigenvalue weighted by molar-refractivity contribution is -0.123. The van der Waals surface area contributed by atoms with Gasteiger partial charge in [0.2, 0.25) is 0 Å². The summed E-state index contributed by atoms with van der Waals surface area (Å²) in [6.45, 7) is 2.06. The Morgan fingerprint density at radius 3 is 2.86 bits per heavy atom. The fraction of sp³-hybridized carbons (Fsp3) is 0.533. The standard InChI is InChI=1S/C15H20N2O4S/c1-2-3-7-16-15(20)17-13(18)9-21-14(19)12-8-10-5-4-6-11(10)22-12/h8H,2-7,9H2,1H3,(H2,16,17,18,20). The molecule has 1 aliphatic carbocycles. The summed E-state index contributed by atoms with van der Waals surface area (Å²) in [4.78, 5) is 36.5. The van der Waals surface area contributed by atoms with Crippen molar-refractivity contribution in [2.45, 2.75) is 39.0 Å². The Hall–Kier alpha value is -1.89. The van der Waals surface area contributed by atoms with Crippen LogP contribution in [0, 0.1) is 0 Å². The molecule has 0 aromatic carbocycles. The molecule has 0 unspecified atom stereocenters. The second kappa shape index (κ2) is 7.93. The van der Waals surface area contributed by atoms with E-state index in [0.29, 0.717) is 11.4 Å². The third-order valence-electron chi connectivity index (χ3n) is 3.35. The van der Waals surface area contributed by atoms with Crippen molar-refractivity contribution in [3.05, 3.63) is 21.4 Å². The van der Waals surface area contributed by atoms with Gasteiger partial charge in [0.15, 0.2) is 6.61 Å². The molecule has 120 valence electrons. The van der Waals surface area contributed by atoms with Gasteiger partial charge in [-0.05, 0) is 37.3 Å². The average molecular weight is 324 g/mol. The van der Waals surface area contributed by atoms with Gasteiger partial charge in [0, 0.05) is 11.4 Å². The zero-order valence-electron chi connectivity index (χ0n) is 12.6. The van der Waals surface area contributed by atoms with Gasteiger partial charge < -0.3 is 10.1 Å². The molecular weight excluding hydrogens is 304 g/mol. The van der Waals surface area contributed by atoms with Crippen LogP contribution in [0.5, 0.6) is 0 Å². The van der Waals surface area contributed by atoms with Gasteiger partial charge in [0.25, 0.3) is 5.91 Å². The quantitative estimate of drug-likeness (QED) is 0.619. The molecule has 1 aromatic rings.